The molecule has 0 atom stereocenters. The van der Waals surface area contributed by atoms with Crippen molar-refractivity contribution in [3.8, 4) is 0 Å². The van der Waals surface area contributed by atoms with Crippen LogP contribution in [-0.2, 0) is 4.79 Å². The molecule has 1 aromatic carbocycles. The third kappa shape index (κ3) is 3.54. The van der Waals surface area contributed by atoms with Crippen LogP contribution < -0.4 is 11.1 Å². The highest BCUT2D eigenvalue weighted by molar-refractivity contribution is 9.10. The first kappa shape index (κ1) is 13.7. The second-order valence-corrected chi connectivity index (χ2v) is 5.03. The molecule has 0 heterocycles. The van der Waals surface area contributed by atoms with Crippen molar-refractivity contribution in [3.63, 3.8) is 0 Å². The maximum absolute atomic E-state index is 11.6. The fraction of sp³-hybridized carbons (Fsp3) is 0.273. The number of carboxylic acids is 1. The van der Waals surface area contributed by atoms with Crippen molar-refractivity contribution in [2.75, 3.05) is 5.32 Å². The number of carbonyl (C=O) groups excluding carboxylic acids is 1. The van der Waals surface area contributed by atoms with E-state index >= 15 is 0 Å². The maximum atomic E-state index is 11.6. The van der Waals surface area contributed by atoms with E-state index < -0.39 is 11.5 Å². The molecule has 17 heavy (non-hydrogen) atoms. The number of benzene rings is 1. The number of nitrogens with one attached hydrogen (secondary N) is 1. The van der Waals surface area contributed by atoms with E-state index in [4.69, 9.17) is 10.8 Å². The average molecular weight is 301 g/mol. The van der Waals surface area contributed by atoms with Crippen LogP contribution in [0.3, 0.4) is 0 Å². The number of amides is 1. The van der Waals surface area contributed by atoms with Gasteiger partial charge < -0.3 is 16.2 Å². The van der Waals surface area contributed by atoms with E-state index in [1.54, 1.807) is 26.0 Å². The van der Waals surface area contributed by atoms with E-state index in [0.717, 1.165) is 0 Å². The molecule has 6 heteroatoms. The van der Waals surface area contributed by atoms with E-state index in [-0.39, 0.29) is 11.5 Å². The Balaban J connectivity index is 2.98. The minimum atomic E-state index is -1.07. The third-order valence-electron chi connectivity index (χ3n) is 2.04. The number of carbonyl (C=O) groups is 2. The normalized spacial score (nSPS) is 11.1. The summed E-state index contributed by atoms with van der Waals surface area (Å²) in [6.45, 7) is 3.14. The summed E-state index contributed by atoms with van der Waals surface area (Å²) in [5.41, 5.74) is 5.08. The zero-order valence-corrected chi connectivity index (χ0v) is 11.0. The van der Waals surface area contributed by atoms with Gasteiger partial charge in [-0.2, -0.15) is 0 Å². The van der Waals surface area contributed by atoms with Crippen LogP contribution in [-0.4, -0.2) is 22.5 Å². The molecule has 5 nitrogen and oxygen atoms in total. The summed E-state index contributed by atoms with van der Waals surface area (Å²) in [6, 6.07) is 4.53. The Kier molecular flexibility index (Phi) is 3.90. The van der Waals surface area contributed by atoms with Gasteiger partial charge in [0, 0.05) is 10.2 Å². The molecule has 0 bridgehead atoms. The van der Waals surface area contributed by atoms with Crippen LogP contribution >= 0.6 is 15.9 Å². The molecule has 1 rings (SSSR count). The van der Waals surface area contributed by atoms with E-state index in [2.05, 4.69) is 21.2 Å². The Morgan fingerprint density at radius 3 is 2.47 bits per heavy atom. The quantitative estimate of drug-likeness (QED) is 0.794. The molecule has 0 aliphatic rings. The molecule has 0 saturated carbocycles. The Morgan fingerprint density at radius 1 is 1.41 bits per heavy atom. The van der Waals surface area contributed by atoms with Gasteiger partial charge in [-0.1, -0.05) is 0 Å². The van der Waals surface area contributed by atoms with Gasteiger partial charge in [0.15, 0.2) is 0 Å². The van der Waals surface area contributed by atoms with E-state index in [1.807, 2.05) is 0 Å². The van der Waals surface area contributed by atoms with Crippen molar-refractivity contribution < 1.29 is 14.7 Å². The molecular weight excluding hydrogens is 288 g/mol. The summed E-state index contributed by atoms with van der Waals surface area (Å²) >= 11 is 3.12. The molecule has 0 aromatic heterocycles. The summed E-state index contributed by atoms with van der Waals surface area (Å²) in [4.78, 5) is 22.5. The molecule has 1 amide bonds. The smallest absolute Gasteiger partial charge is 0.336 e. The molecule has 0 radical (unpaired) electrons. The summed E-state index contributed by atoms with van der Waals surface area (Å²) in [6.07, 6.45) is 0. The number of halogens is 1. The molecule has 0 aliphatic carbocycles. The SMILES string of the molecule is CC(C)(N)C(=O)Nc1ccc(Br)c(C(=O)O)c1. The number of hydrogen-bond donors (Lipinski definition) is 3. The van der Waals surface area contributed by atoms with Crippen molar-refractivity contribution in [2.45, 2.75) is 19.4 Å². The summed E-state index contributed by atoms with van der Waals surface area (Å²) in [5.74, 6) is -1.45. The fourth-order valence-electron chi connectivity index (χ4n) is 1.06. The minimum absolute atomic E-state index is 0.0811. The molecule has 92 valence electrons. The predicted molar refractivity (Wildman–Crippen MR) is 68.0 cm³/mol. The summed E-state index contributed by atoms with van der Waals surface area (Å²) in [7, 11) is 0. The van der Waals surface area contributed by atoms with E-state index in [9.17, 15) is 9.59 Å². The largest absolute Gasteiger partial charge is 0.478 e. The van der Waals surface area contributed by atoms with Crippen molar-refractivity contribution in [2.24, 2.45) is 5.73 Å². The molecule has 0 spiro atoms. The van der Waals surface area contributed by atoms with Crippen molar-refractivity contribution >= 4 is 33.5 Å². The van der Waals surface area contributed by atoms with Gasteiger partial charge in [-0.15, -0.1) is 0 Å². The number of nitrogens with two attached hydrogens (primary N) is 1. The van der Waals surface area contributed by atoms with Gasteiger partial charge in [0.05, 0.1) is 11.1 Å². The first-order chi connectivity index (χ1) is 7.71. The van der Waals surface area contributed by atoms with Gasteiger partial charge in [-0.05, 0) is 48.0 Å². The standard InChI is InChI=1S/C11H13BrN2O3/c1-11(2,13)10(17)14-6-3-4-8(12)7(5-6)9(15)16/h3-5H,13H2,1-2H3,(H,14,17)(H,15,16). The van der Waals surface area contributed by atoms with Gasteiger partial charge >= 0.3 is 5.97 Å². The number of rotatable bonds is 3. The average Bonchev–Trinajstić information content (AvgIpc) is 2.19. The second-order valence-electron chi connectivity index (χ2n) is 4.18. The molecule has 1 aromatic rings. The monoisotopic (exact) mass is 300 g/mol. The van der Waals surface area contributed by atoms with Crippen LogP contribution in [0, 0.1) is 0 Å². The highest BCUT2D eigenvalue weighted by Crippen LogP contribution is 2.21. The highest BCUT2D eigenvalue weighted by atomic mass is 79.9. The van der Waals surface area contributed by atoms with Crippen LogP contribution in [0.15, 0.2) is 22.7 Å². The zero-order chi connectivity index (χ0) is 13.2. The maximum Gasteiger partial charge on any atom is 0.336 e. The molecule has 0 saturated heterocycles. The van der Waals surface area contributed by atoms with Crippen LogP contribution in [0.4, 0.5) is 5.69 Å². The van der Waals surface area contributed by atoms with Gasteiger partial charge in [-0.25, -0.2) is 4.79 Å². The number of carboxylic acid groups (broad SMARTS) is 1. The first-order valence-corrected chi connectivity index (χ1v) is 5.64. The van der Waals surface area contributed by atoms with Crippen LogP contribution in [0.25, 0.3) is 0 Å². The minimum Gasteiger partial charge on any atom is -0.478 e. The molecule has 0 fully saturated rings. The van der Waals surface area contributed by atoms with Gasteiger partial charge in [0.1, 0.15) is 0 Å². The van der Waals surface area contributed by atoms with Crippen LogP contribution in [0.5, 0.6) is 0 Å². The van der Waals surface area contributed by atoms with Crippen molar-refractivity contribution in [3.05, 3.63) is 28.2 Å². The second kappa shape index (κ2) is 4.85. The lowest BCUT2D eigenvalue weighted by Crippen LogP contribution is -2.45. The highest BCUT2D eigenvalue weighted by Gasteiger charge is 2.22. The van der Waals surface area contributed by atoms with Crippen LogP contribution in [0.2, 0.25) is 0 Å². The van der Waals surface area contributed by atoms with Gasteiger partial charge in [0.25, 0.3) is 0 Å². The molecular formula is C11H13BrN2O3. The molecule has 0 unspecified atom stereocenters. The number of hydrogen-bond acceptors (Lipinski definition) is 3. The van der Waals surface area contributed by atoms with Crippen molar-refractivity contribution in [1.82, 2.24) is 0 Å². The lowest BCUT2D eigenvalue weighted by molar-refractivity contribution is -0.120. The van der Waals surface area contributed by atoms with Gasteiger partial charge in [0.2, 0.25) is 5.91 Å². The fourth-order valence-corrected chi connectivity index (χ4v) is 1.48. The lowest BCUT2D eigenvalue weighted by atomic mass is 10.1. The summed E-state index contributed by atoms with van der Waals surface area (Å²) in [5, 5.41) is 11.5. The summed E-state index contributed by atoms with van der Waals surface area (Å²) < 4.78 is 0.454. The topological polar surface area (TPSA) is 92.4 Å². The van der Waals surface area contributed by atoms with E-state index in [0.29, 0.717) is 10.2 Å². The van der Waals surface area contributed by atoms with Gasteiger partial charge in [-0.3, -0.25) is 4.79 Å². The Morgan fingerprint density at radius 2 is 2.00 bits per heavy atom. The van der Waals surface area contributed by atoms with E-state index in [1.165, 1.54) is 6.07 Å². The Labute approximate surface area is 107 Å². The lowest BCUT2D eigenvalue weighted by Gasteiger charge is -2.18. The first-order valence-electron chi connectivity index (χ1n) is 4.85. The Hall–Kier alpha value is -1.40. The Bertz CT molecular complexity index is 466. The van der Waals surface area contributed by atoms with Crippen molar-refractivity contribution in [1.29, 1.82) is 0 Å². The van der Waals surface area contributed by atoms with Crippen LogP contribution in [0.1, 0.15) is 24.2 Å². The predicted octanol–water partition coefficient (Wildman–Crippen LogP) is 1.82. The molecule has 4 N–H and O–H groups in total. The number of anilines is 1. The third-order valence-corrected chi connectivity index (χ3v) is 2.73. The number of aromatic carboxylic acids is 1. The zero-order valence-electron chi connectivity index (χ0n) is 9.45. The molecule has 0 aliphatic heterocycles.